The highest BCUT2D eigenvalue weighted by Crippen LogP contribution is 2.10. The first-order chi connectivity index (χ1) is 8.65. The lowest BCUT2D eigenvalue weighted by Crippen LogP contribution is -2.37. The summed E-state index contributed by atoms with van der Waals surface area (Å²) in [5, 5.41) is 6.06. The van der Waals surface area contributed by atoms with E-state index in [-0.39, 0.29) is 5.91 Å². The fraction of sp³-hybridized carbons (Fsp3) is 0.538. The van der Waals surface area contributed by atoms with Crippen LogP contribution < -0.4 is 10.6 Å². The van der Waals surface area contributed by atoms with Gasteiger partial charge in [0.15, 0.2) is 0 Å². The van der Waals surface area contributed by atoms with Crippen LogP contribution in [0, 0.1) is 6.92 Å². The SMILES string of the molecule is CCO[C@@H](C)C(=O)NCCNc1ccncc1C. The Bertz CT molecular complexity index is 382. The van der Waals surface area contributed by atoms with E-state index >= 15 is 0 Å². The molecule has 2 N–H and O–H groups in total. The van der Waals surface area contributed by atoms with Gasteiger partial charge in [-0.2, -0.15) is 0 Å². The maximum Gasteiger partial charge on any atom is 0.248 e. The van der Waals surface area contributed by atoms with Crippen LogP contribution in [0.15, 0.2) is 18.5 Å². The van der Waals surface area contributed by atoms with Crippen LogP contribution in [0.2, 0.25) is 0 Å². The van der Waals surface area contributed by atoms with Gasteiger partial charge in [0.05, 0.1) is 0 Å². The highest BCUT2D eigenvalue weighted by atomic mass is 16.5. The van der Waals surface area contributed by atoms with Gasteiger partial charge >= 0.3 is 0 Å². The summed E-state index contributed by atoms with van der Waals surface area (Å²) in [7, 11) is 0. The van der Waals surface area contributed by atoms with Gasteiger partial charge in [-0.25, -0.2) is 0 Å². The predicted octanol–water partition coefficient (Wildman–Crippen LogP) is 1.34. The fourth-order valence-electron chi connectivity index (χ4n) is 1.52. The Hall–Kier alpha value is -1.62. The van der Waals surface area contributed by atoms with Crippen LogP contribution in [0.1, 0.15) is 19.4 Å². The molecule has 18 heavy (non-hydrogen) atoms. The third-order valence-electron chi connectivity index (χ3n) is 2.55. The topological polar surface area (TPSA) is 63.2 Å². The molecular weight excluding hydrogens is 230 g/mol. The van der Waals surface area contributed by atoms with E-state index in [2.05, 4.69) is 15.6 Å². The zero-order valence-electron chi connectivity index (χ0n) is 11.2. The minimum Gasteiger partial charge on any atom is -0.383 e. The van der Waals surface area contributed by atoms with E-state index in [4.69, 9.17) is 4.74 Å². The van der Waals surface area contributed by atoms with Crippen LogP contribution in [0.4, 0.5) is 5.69 Å². The van der Waals surface area contributed by atoms with Crippen molar-refractivity contribution in [2.45, 2.75) is 26.9 Å². The molecule has 5 nitrogen and oxygen atoms in total. The number of aromatic nitrogens is 1. The third-order valence-corrected chi connectivity index (χ3v) is 2.55. The van der Waals surface area contributed by atoms with Crippen LogP contribution in [-0.4, -0.2) is 36.7 Å². The van der Waals surface area contributed by atoms with Gasteiger partial charge in [-0.1, -0.05) is 0 Å². The first-order valence-electron chi connectivity index (χ1n) is 6.19. The lowest BCUT2D eigenvalue weighted by molar-refractivity contribution is -0.131. The molecule has 0 saturated heterocycles. The lowest BCUT2D eigenvalue weighted by Gasteiger charge is -2.13. The van der Waals surface area contributed by atoms with E-state index in [0.29, 0.717) is 19.7 Å². The monoisotopic (exact) mass is 251 g/mol. The maximum atomic E-state index is 11.5. The second kappa shape index (κ2) is 7.66. The van der Waals surface area contributed by atoms with Gasteiger partial charge in [-0.15, -0.1) is 0 Å². The number of carbonyl (C=O) groups excluding carboxylic acids is 1. The molecule has 0 aliphatic heterocycles. The molecule has 1 atom stereocenters. The Labute approximate surface area is 108 Å². The van der Waals surface area contributed by atoms with Gasteiger partial charge in [-0.3, -0.25) is 9.78 Å². The molecule has 1 heterocycles. The van der Waals surface area contributed by atoms with Gasteiger partial charge in [0.1, 0.15) is 6.10 Å². The zero-order valence-corrected chi connectivity index (χ0v) is 11.2. The molecule has 5 heteroatoms. The van der Waals surface area contributed by atoms with E-state index in [0.717, 1.165) is 11.3 Å². The minimum absolute atomic E-state index is 0.0786. The summed E-state index contributed by atoms with van der Waals surface area (Å²) in [6.07, 6.45) is 3.15. The molecule has 0 fully saturated rings. The quantitative estimate of drug-likeness (QED) is 0.718. The second-order valence-electron chi connectivity index (χ2n) is 4.01. The number of amides is 1. The van der Waals surface area contributed by atoms with Gasteiger partial charge in [0, 0.05) is 37.8 Å². The molecule has 1 aromatic rings. The highest BCUT2D eigenvalue weighted by molar-refractivity contribution is 5.80. The summed E-state index contributed by atoms with van der Waals surface area (Å²) in [4.78, 5) is 15.6. The number of pyridine rings is 1. The van der Waals surface area contributed by atoms with Crippen LogP contribution in [0.5, 0.6) is 0 Å². The third kappa shape index (κ3) is 4.71. The molecule has 0 radical (unpaired) electrons. The molecule has 1 aromatic heterocycles. The first-order valence-corrected chi connectivity index (χ1v) is 6.19. The second-order valence-corrected chi connectivity index (χ2v) is 4.01. The Balaban J connectivity index is 2.23. The summed E-state index contributed by atoms with van der Waals surface area (Å²) in [6, 6.07) is 1.92. The van der Waals surface area contributed by atoms with Gasteiger partial charge in [0.2, 0.25) is 5.91 Å². The largest absolute Gasteiger partial charge is 0.383 e. The maximum absolute atomic E-state index is 11.5. The molecular formula is C13H21N3O2. The Kier molecular flexibility index (Phi) is 6.14. The molecule has 0 aromatic carbocycles. The van der Waals surface area contributed by atoms with E-state index in [1.807, 2.05) is 19.9 Å². The Morgan fingerprint density at radius 1 is 1.50 bits per heavy atom. The first kappa shape index (κ1) is 14.4. The molecule has 0 bridgehead atoms. The molecule has 0 unspecified atom stereocenters. The van der Waals surface area contributed by atoms with E-state index in [1.54, 1.807) is 19.3 Å². The average molecular weight is 251 g/mol. The van der Waals surface area contributed by atoms with E-state index in [1.165, 1.54) is 0 Å². The Morgan fingerprint density at radius 2 is 2.28 bits per heavy atom. The number of ether oxygens (including phenoxy) is 1. The van der Waals surface area contributed by atoms with Crippen LogP contribution in [0.3, 0.4) is 0 Å². The molecule has 0 saturated carbocycles. The van der Waals surface area contributed by atoms with Crippen LogP contribution >= 0.6 is 0 Å². The molecule has 1 amide bonds. The standard InChI is InChI=1S/C13H21N3O2/c1-4-18-11(3)13(17)16-8-7-15-12-5-6-14-9-10(12)2/h5-6,9,11H,4,7-8H2,1-3H3,(H,14,15)(H,16,17)/t11-/m0/s1. The van der Waals surface area contributed by atoms with Gasteiger partial charge in [0.25, 0.3) is 0 Å². The number of hydrogen-bond donors (Lipinski definition) is 2. The van der Waals surface area contributed by atoms with Gasteiger partial charge < -0.3 is 15.4 Å². The summed E-state index contributed by atoms with van der Waals surface area (Å²) in [6.45, 7) is 7.40. The van der Waals surface area contributed by atoms with Crippen molar-refractivity contribution in [3.63, 3.8) is 0 Å². The fourth-order valence-corrected chi connectivity index (χ4v) is 1.52. The van der Waals surface area contributed by atoms with Crippen molar-refractivity contribution in [3.05, 3.63) is 24.0 Å². The molecule has 0 aliphatic carbocycles. The summed E-state index contributed by atoms with van der Waals surface area (Å²) in [5.74, 6) is -0.0786. The minimum atomic E-state index is -0.391. The number of rotatable bonds is 7. The number of nitrogens with zero attached hydrogens (tertiary/aromatic N) is 1. The molecule has 100 valence electrons. The summed E-state index contributed by atoms with van der Waals surface area (Å²) < 4.78 is 5.20. The smallest absolute Gasteiger partial charge is 0.248 e. The van der Waals surface area contributed by atoms with E-state index in [9.17, 15) is 4.79 Å². The van der Waals surface area contributed by atoms with E-state index < -0.39 is 6.10 Å². The van der Waals surface area contributed by atoms with Crippen LogP contribution in [0.25, 0.3) is 0 Å². The Morgan fingerprint density at radius 3 is 2.94 bits per heavy atom. The van der Waals surface area contributed by atoms with Crippen molar-refractivity contribution >= 4 is 11.6 Å². The zero-order chi connectivity index (χ0) is 13.4. The summed E-state index contributed by atoms with van der Waals surface area (Å²) in [5.41, 5.74) is 2.13. The highest BCUT2D eigenvalue weighted by Gasteiger charge is 2.10. The van der Waals surface area contributed by atoms with Gasteiger partial charge in [-0.05, 0) is 32.4 Å². The molecule has 0 spiro atoms. The molecule has 1 rings (SSSR count). The average Bonchev–Trinajstić information content (AvgIpc) is 2.36. The number of nitrogens with one attached hydrogen (secondary N) is 2. The number of aryl methyl sites for hydroxylation is 1. The number of carbonyl (C=O) groups is 1. The van der Waals surface area contributed by atoms with Crippen molar-refractivity contribution in [2.24, 2.45) is 0 Å². The normalized spacial score (nSPS) is 11.9. The van der Waals surface area contributed by atoms with Crippen molar-refractivity contribution in [1.29, 1.82) is 0 Å². The van der Waals surface area contributed by atoms with Crippen molar-refractivity contribution in [2.75, 3.05) is 25.0 Å². The lowest BCUT2D eigenvalue weighted by atomic mass is 10.2. The number of anilines is 1. The summed E-state index contributed by atoms with van der Waals surface area (Å²) >= 11 is 0. The van der Waals surface area contributed by atoms with Crippen molar-refractivity contribution in [3.8, 4) is 0 Å². The molecule has 0 aliphatic rings. The van der Waals surface area contributed by atoms with Crippen molar-refractivity contribution < 1.29 is 9.53 Å². The van der Waals surface area contributed by atoms with Crippen LogP contribution in [-0.2, 0) is 9.53 Å². The van der Waals surface area contributed by atoms with Crippen molar-refractivity contribution in [1.82, 2.24) is 10.3 Å². The number of hydrogen-bond acceptors (Lipinski definition) is 4. The predicted molar refractivity (Wildman–Crippen MR) is 71.6 cm³/mol.